The topological polar surface area (TPSA) is 71.1 Å². The predicted octanol–water partition coefficient (Wildman–Crippen LogP) is 5.04. The largest absolute Gasteiger partial charge is 0.490 e. The maximum absolute atomic E-state index is 11.3. The molecule has 4 aromatic carbocycles. The Morgan fingerprint density at radius 2 is 0.971 bits per heavy atom. The molecule has 0 saturated carbocycles. The maximum Gasteiger partial charge on any atom is 0.152 e. The molecule has 0 aromatic heterocycles. The van der Waals surface area contributed by atoms with E-state index in [4.69, 9.17) is 17.8 Å². The van der Waals surface area contributed by atoms with Crippen LogP contribution in [0, 0.1) is 0 Å². The smallest absolute Gasteiger partial charge is 0.152 e. The lowest BCUT2D eigenvalue weighted by Crippen LogP contribution is -2.09. The van der Waals surface area contributed by atoms with Crippen LogP contribution in [-0.2, 0) is 30.5 Å². The number of hydrogen-bond acceptors (Lipinski definition) is 6. The van der Waals surface area contributed by atoms with Crippen LogP contribution in [0.5, 0.6) is 11.5 Å². The second kappa shape index (κ2) is 11.6. The van der Waals surface area contributed by atoms with Crippen molar-refractivity contribution < 1.29 is 26.3 Å². The van der Waals surface area contributed by atoms with Gasteiger partial charge in [-0.05, 0) is 33.7 Å². The van der Waals surface area contributed by atoms with Gasteiger partial charge in [0.25, 0.3) is 0 Å². The van der Waals surface area contributed by atoms with Gasteiger partial charge in [-0.2, -0.15) is 0 Å². The van der Waals surface area contributed by atoms with Gasteiger partial charge in [-0.25, -0.2) is 8.42 Å². The van der Waals surface area contributed by atoms with Crippen molar-refractivity contribution in [2.24, 2.45) is 0 Å². The first-order valence-corrected chi connectivity index (χ1v) is 13.7. The molecule has 0 saturated heterocycles. The van der Waals surface area contributed by atoms with Crippen LogP contribution in [0.1, 0.15) is 0 Å². The summed E-state index contributed by atoms with van der Waals surface area (Å²) in [6.07, 6.45) is 2.97. The normalized spacial score (nSPS) is 13.1. The fraction of sp³-hybridized carbons (Fsp3) is 0.231. The van der Waals surface area contributed by atoms with Gasteiger partial charge in [0.05, 0.1) is 13.2 Å². The van der Waals surface area contributed by atoms with Crippen LogP contribution in [0.4, 0.5) is 0 Å². The fourth-order valence-corrected chi connectivity index (χ4v) is 4.47. The lowest BCUT2D eigenvalue weighted by atomic mass is 9.92. The molecule has 0 spiro atoms. The lowest BCUT2D eigenvalue weighted by Gasteiger charge is -2.19. The number of benzene rings is 4. The quantitative estimate of drug-likeness (QED) is 0.270. The van der Waals surface area contributed by atoms with Gasteiger partial charge in [0.15, 0.2) is 22.2 Å². The summed E-state index contributed by atoms with van der Waals surface area (Å²) in [5, 5.41) is 4.18. The first-order valence-electron chi connectivity index (χ1n) is 10.8. The Hall–Kier alpha value is -2.78. The average Bonchev–Trinajstić information content (AvgIpc) is 2.84. The van der Waals surface area contributed by atoms with E-state index in [1.165, 1.54) is 12.5 Å². The van der Waals surface area contributed by atoms with E-state index in [-0.39, 0.29) is 26.4 Å². The molecule has 4 aromatic rings. The minimum atomic E-state index is -1.35. The van der Waals surface area contributed by atoms with Crippen LogP contribution in [-0.4, -0.2) is 47.4 Å². The van der Waals surface area contributed by atoms with Crippen molar-refractivity contribution in [1.29, 1.82) is 0 Å². The molecule has 34 heavy (non-hydrogen) atoms. The van der Waals surface area contributed by atoms with E-state index in [1.807, 2.05) is 48.5 Å². The second-order valence-corrected chi connectivity index (χ2v) is 9.54. The van der Waals surface area contributed by atoms with Gasteiger partial charge in [0, 0.05) is 23.6 Å². The molecule has 2 atom stereocenters. The van der Waals surface area contributed by atoms with Crippen molar-refractivity contribution in [2.75, 3.05) is 38.9 Å². The van der Waals surface area contributed by atoms with Crippen LogP contribution in [0.25, 0.3) is 32.7 Å². The molecule has 0 heterocycles. The van der Waals surface area contributed by atoms with Crippen molar-refractivity contribution >= 4 is 43.7 Å². The molecule has 0 aliphatic rings. The molecule has 4 rings (SSSR count). The zero-order valence-electron chi connectivity index (χ0n) is 19.0. The SMILES string of the molecule is CS(=O)OCCOc1ccc2ccccc2c1-c1c(OCCOS(C)=O)ccc2ccccc12. The van der Waals surface area contributed by atoms with Crippen molar-refractivity contribution in [2.45, 2.75) is 0 Å². The Balaban J connectivity index is 1.84. The summed E-state index contributed by atoms with van der Waals surface area (Å²) in [4.78, 5) is 0. The molecule has 0 radical (unpaired) electrons. The summed E-state index contributed by atoms with van der Waals surface area (Å²) >= 11 is -2.70. The molecular weight excluding hydrogens is 472 g/mol. The van der Waals surface area contributed by atoms with Crippen LogP contribution in [0.3, 0.4) is 0 Å². The summed E-state index contributed by atoms with van der Waals surface area (Å²) in [5.41, 5.74) is 1.81. The number of ether oxygens (including phenoxy) is 2. The van der Waals surface area contributed by atoms with E-state index in [2.05, 4.69) is 24.3 Å². The molecule has 0 bridgehead atoms. The third-order valence-electron chi connectivity index (χ3n) is 5.21. The van der Waals surface area contributed by atoms with Gasteiger partial charge in [-0.1, -0.05) is 60.7 Å². The van der Waals surface area contributed by atoms with E-state index < -0.39 is 22.2 Å². The van der Waals surface area contributed by atoms with Crippen LogP contribution in [0.2, 0.25) is 0 Å². The third kappa shape index (κ3) is 5.82. The minimum Gasteiger partial charge on any atom is -0.490 e. The highest BCUT2D eigenvalue weighted by Crippen LogP contribution is 2.45. The Morgan fingerprint density at radius 3 is 1.38 bits per heavy atom. The first-order chi connectivity index (χ1) is 16.5. The maximum atomic E-state index is 11.3. The molecular formula is C26H26O6S2. The van der Waals surface area contributed by atoms with Gasteiger partial charge in [-0.3, -0.25) is 8.37 Å². The first kappa shape index (κ1) is 24.3. The Kier molecular flexibility index (Phi) is 8.29. The highest BCUT2D eigenvalue weighted by atomic mass is 32.2. The number of hydrogen-bond donors (Lipinski definition) is 0. The van der Waals surface area contributed by atoms with Crippen molar-refractivity contribution in [3.63, 3.8) is 0 Å². The lowest BCUT2D eigenvalue weighted by molar-refractivity contribution is 0.230. The number of fused-ring (bicyclic) bond motifs is 2. The van der Waals surface area contributed by atoms with Gasteiger partial charge in [-0.15, -0.1) is 0 Å². The zero-order valence-corrected chi connectivity index (χ0v) is 20.7. The van der Waals surface area contributed by atoms with Crippen LogP contribution in [0.15, 0.2) is 72.8 Å². The molecule has 6 nitrogen and oxygen atoms in total. The van der Waals surface area contributed by atoms with E-state index in [1.54, 1.807) is 0 Å². The molecule has 0 aliphatic heterocycles. The van der Waals surface area contributed by atoms with E-state index >= 15 is 0 Å². The van der Waals surface area contributed by atoms with Gasteiger partial charge >= 0.3 is 0 Å². The van der Waals surface area contributed by atoms with Gasteiger partial charge < -0.3 is 9.47 Å². The van der Waals surface area contributed by atoms with E-state index in [0.717, 1.165) is 32.7 Å². The summed E-state index contributed by atoms with van der Waals surface area (Å²) in [7, 11) is 0. The van der Waals surface area contributed by atoms with Crippen molar-refractivity contribution in [1.82, 2.24) is 0 Å². The summed E-state index contributed by atoms with van der Waals surface area (Å²) in [5.74, 6) is 1.35. The summed E-state index contributed by atoms with van der Waals surface area (Å²) in [6.45, 7) is 0.920. The molecule has 8 heteroatoms. The highest BCUT2D eigenvalue weighted by Gasteiger charge is 2.19. The summed E-state index contributed by atoms with van der Waals surface area (Å²) < 4.78 is 45.1. The van der Waals surface area contributed by atoms with Gasteiger partial charge in [0.2, 0.25) is 0 Å². The van der Waals surface area contributed by atoms with Gasteiger partial charge in [0.1, 0.15) is 24.7 Å². The zero-order chi connectivity index (χ0) is 23.9. The Bertz CT molecular complexity index is 1230. The molecule has 2 unspecified atom stereocenters. The fourth-order valence-electron chi connectivity index (χ4n) is 3.87. The predicted molar refractivity (Wildman–Crippen MR) is 138 cm³/mol. The molecule has 178 valence electrons. The standard InChI is InChI=1S/C26H26O6S2/c1-33(27)31-17-15-29-23-13-11-19-7-3-5-9-21(19)25(23)26-22-10-6-4-8-20(22)12-14-24(26)30-16-18-32-34(2)28/h3-14H,15-18H2,1-2H3. The Labute approximate surface area is 204 Å². The monoisotopic (exact) mass is 498 g/mol. The number of rotatable bonds is 11. The van der Waals surface area contributed by atoms with Crippen LogP contribution < -0.4 is 9.47 Å². The average molecular weight is 499 g/mol. The third-order valence-corrected chi connectivity index (χ3v) is 6.21. The molecule has 0 aliphatic carbocycles. The van der Waals surface area contributed by atoms with Crippen molar-refractivity contribution in [3.8, 4) is 22.6 Å². The molecule has 0 amide bonds. The second-order valence-electron chi connectivity index (χ2n) is 7.46. The van der Waals surface area contributed by atoms with Crippen LogP contribution >= 0.6 is 0 Å². The summed E-state index contributed by atoms with van der Waals surface area (Å²) in [6, 6.07) is 24.1. The van der Waals surface area contributed by atoms with Crippen molar-refractivity contribution in [3.05, 3.63) is 72.8 Å². The molecule has 0 fully saturated rings. The van der Waals surface area contributed by atoms with E-state index in [9.17, 15) is 8.42 Å². The minimum absolute atomic E-state index is 0.208. The highest BCUT2D eigenvalue weighted by molar-refractivity contribution is 7.79. The molecule has 0 N–H and O–H groups in total. The van der Waals surface area contributed by atoms with E-state index in [0.29, 0.717) is 11.5 Å². The Morgan fingerprint density at radius 1 is 0.559 bits per heavy atom.